The number of likely N-dealkylation sites (tertiary alicyclic amines) is 1. The molecule has 0 spiro atoms. The van der Waals surface area contributed by atoms with Crippen molar-refractivity contribution in [2.24, 2.45) is 0 Å². The van der Waals surface area contributed by atoms with Crippen molar-refractivity contribution < 1.29 is 9.53 Å². The average molecular weight is 366 g/mol. The van der Waals surface area contributed by atoms with E-state index in [1.165, 1.54) is 10.5 Å². The number of ether oxygens (including phenoxy) is 1. The second kappa shape index (κ2) is 8.81. The number of nitrogens with one attached hydrogen (secondary N) is 1. The minimum Gasteiger partial charge on any atom is -0.444 e. The zero-order valence-corrected chi connectivity index (χ0v) is 16.6. The Balaban J connectivity index is 1.73. The first-order valence-corrected chi connectivity index (χ1v) is 10.1. The predicted octanol–water partition coefficient (Wildman–Crippen LogP) is 3.52. The number of amides is 1. The molecule has 25 heavy (non-hydrogen) atoms. The first-order chi connectivity index (χ1) is 11.8. The number of hydrogen-bond donors (Lipinski definition) is 2. The van der Waals surface area contributed by atoms with Gasteiger partial charge < -0.3 is 20.7 Å². The molecule has 1 fully saturated rings. The Morgan fingerprint density at radius 2 is 2.04 bits per heavy atom. The van der Waals surface area contributed by atoms with Crippen LogP contribution in [0.2, 0.25) is 0 Å². The van der Waals surface area contributed by atoms with Crippen LogP contribution in [0.5, 0.6) is 0 Å². The van der Waals surface area contributed by atoms with E-state index in [9.17, 15) is 4.79 Å². The molecule has 0 atom stereocenters. The average Bonchev–Trinajstić information content (AvgIpc) is 2.55. The molecule has 2 rings (SSSR count). The van der Waals surface area contributed by atoms with Gasteiger partial charge in [0.2, 0.25) is 0 Å². The third-order valence-electron chi connectivity index (χ3n) is 4.32. The van der Waals surface area contributed by atoms with E-state index in [2.05, 4.69) is 23.7 Å². The molecule has 0 radical (unpaired) electrons. The van der Waals surface area contributed by atoms with Crippen molar-refractivity contribution in [1.29, 1.82) is 0 Å². The molecule has 1 saturated heterocycles. The van der Waals surface area contributed by atoms with Crippen LogP contribution in [-0.2, 0) is 11.2 Å². The van der Waals surface area contributed by atoms with Crippen molar-refractivity contribution in [3.05, 3.63) is 23.8 Å². The SMILES string of the molecule is CSc1ccc(N)c(CCNC2CCN(C(=O)OC(C)(C)C)CC2)c1. The molecule has 0 aromatic heterocycles. The van der Waals surface area contributed by atoms with Crippen molar-refractivity contribution in [2.75, 3.05) is 31.6 Å². The molecule has 1 aliphatic rings. The largest absolute Gasteiger partial charge is 0.444 e. The first-order valence-electron chi connectivity index (χ1n) is 8.92. The van der Waals surface area contributed by atoms with Crippen molar-refractivity contribution in [1.82, 2.24) is 10.2 Å². The van der Waals surface area contributed by atoms with Crippen LogP contribution in [0.1, 0.15) is 39.2 Å². The minimum atomic E-state index is -0.433. The molecule has 0 unspecified atom stereocenters. The summed E-state index contributed by atoms with van der Waals surface area (Å²) in [5, 5.41) is 3.60. The smallest absolute Gasteiger partial charge is 0.410 e. The van der Waals surface area contributed by atoms with Crippen molar-refractivity contribution in [3.63, 3.8) is 0 Å². The second-order valence-electron chi connectivity index (χ2n) is 7.51. The Labute approximate surface area is 155 Å². The lowest BCUT2D eigenvalue weighted by Crippen LogP contribution is -2.46. The number of anilines is 1. The predicted molar refractivity (Wildman–Crippen MR) is 105 cm³/mol. The maximum atomic E-state index is 12.1. The van der Waals surface area contributed by atoms with Crippen LogP contribution in [0.15, 0.2) is 23.1 Å². The standard InChI is InChI=1S/C19H31N3O2S/c1-19(2,3)24-18(23)22-11-8-15(9-12-22)21-10-7-14-13-16(25-4)5-6-17(14)20/h5-6,13,15,21H,7-12,20H2,1-4H3. The Bertz CT molecular complexity index is 579. The van der Waals surface area contributed by atoms with Crippen molar-refractivity contribution in [3.8, 4) is 0 Å². The molecule has 1 amide bonds. The van der Waals surface area contributed by atoms with Crippen LogP contribution < -0.4 is 11.1 Å². The van der Waals surface area contributed by atoms with E-state index in [0.29, 0.717) is 6.04 Å². The maximum Gasteiger partial charge on any atom is 0.410 e. The lowest BCUT2D eigenvalue weighted by molar-refractivity contribution is 0.0198. The Kier molecular flexibility index (Phi) is 7.02. The van der Waals surface area contributed by atoms with E-state index < -0.39 is 5.60 Å². The van der Waals surface area contributed by atoms with Gasteiger partial charge in [0.25, 0.3) is 0 Å². The minimum absolute atomic E-state index is 0.201. The van der Waals surface area contributed by atoms with Crippen molar-refractivity contribution in [2.45, 2.75) is 56.6 Å². The quantitative estimate of drug-likeness (QED) is 0.617. The molecular formula is C19H31N3O2S. The highest BCUT2D eigenvalue weighted by Gasteiger charge is 2.26. The molecule has 1 aromatic rings. The molecule has 1 aromatic carbocycles. The molecule has 0 bridgehead atoms. The second-order valence-corrected chi connectivity index (χ2v) is 8.39. The summed E-state index contributed by atoms with van der Waals surface area (Å²) in [6.45, 7) is 8.09. The monoisotopic (exact) mass is 365 g/mol. The third kappa shape index (κ3) is 6.44. The van der Waals surface area contributed by atoms with Gasteiger partial charge in [-0.3, -0.25) is 0 Å². The molecule has 6 heteroatoms. The molecule has 140 valence electrons. The number of rotatable bonds is 5. The normalized spacial score (nSPS) is 16.1. The van der Waals surface area contributed by atoms with Gasteiger partial charge in [-0.1, -0.05) is 0 Å². The van der Waals surface area contributed by atoms with E-state index in [1.54, 1.807) is 11.8 Å². The van der Waals surface area contributed by atoms with E-state index in [1.807, 2.05) is 31.7 Å². The summed E-state index contributed by atoms with van der Waals surface area (Å²) in [6, 6.07) is 6.67. The van der Waals surface area contributed by atoms with Crippen LogP contribution in [-0.4, -0.2) is 48.5 Å². The van der Waals surface area contributed by atoms with Gasteiger partial charge in [0.15, 0.2) is 0 Å². The van der Waals surface area contributed by atoms with E-state index in [0.717, 1.165) is 44.6 Å². The third-order valence-corrected chi connectivity index (χ3v) is 5.05. The summed E-state index contributed by atoms with van der Waals surface area (Å²) >= 11 is 1.73. The Morgan fingerprint density at radius 1 is 1.36 bits per heavy atom. The van der Waals surface area contributed by atoms with E-state index in [-0.39, 0.29) is 6.09 Å². The fourth-order valence-corrected chi connectivity index (χ4v) is 3.39. The van der Waals surface area contributed by atoms with Gasteiger partial charge in [0, 0.05) is 29.7 Å². The van der Waals surface area contributed by atoms with Gasteiger partial charge in [0.05, 0.1) is 0 Å². The van der Waals surface area contributed by atoms with Crippen LogP contribution in [0, 0.1) is 0 Å². The maximum absolute atomic E-state index is 12.1. The van der Waals surface area contributed by atoms with Gasteiger partial charge in [-0.25, -0.2) is 4.79 Å². The number of hydrogen-bond acceptors (Lipinski definition) is 5. The van der Waals surface area contributed by atoms with Gasteiger partial charge in [0.1, 0.15) is 5.60 Å². The lowest BCUT2D eigenvalue weighted by atomic mass is 10.0. The van der Waals surface area contributed by atoms with Gasteiger partial charge in [-0.2, -0.15) is 0 Å². The molecule has 0 aliphatic carbocycles. The topological polar surface area (TPSA) is 67.6 Å². The highest BCUT2D eigenvalue weighted by Crippen LogP contribution is 2.21. The number of carbonyl (C=O) groups is 1. The van der Waals surface area contributed by atoms with Crippen molar-refractivity contribution >= 4 is 23.5 Å². The summed E-state index contributed by atoms with van der Waals surface area (Å²) in [4.78, 5) is 15.1. The van der Waals surface area contributed by atoms with Crippen LogP contribution in [0.3, 0.4) is 0 Å². The molecule has 0 saturated carbocycles. The number of thioether (sulfide) groups is 1. The zero-order valence-electron chi connectivity index (χ0n) is 15.8. The molecule has 5 nitrogen and oxygen atoms in total. The summed E-state index contributed by atoms with van der Waals surface area (Å²) < 4.78 is 5.44. The van der Waals surface area contributed by atoms with Gasteiger partial charge >= 0.3 is 6.09 Å². The van der Waals surface area contributed by atoms with Gasteiger partial charge in [-0.15, -0.1) is 11.8 Å². The van der Waals surface area contributed by atoms with E-state index >= 15 is 0 Å². The van der Waals surface area contributed by atoms with Crippen LogP contribution in [0.4, 0.5) is 10.5 Å². The summed E-state index contributed by atoms with van der Waals surface area (Å²) in [6.07, 6.45) is 4.71. The fourth-order valence-electron chi connectivity index (χ4n) is 2.93. The number of piperidine rings is 1. The molecule has 1 heterocycles. The highest BCUT2D eigenvalue weighted by molar-refractivity contribution is 7.98. The Hall–Kier alpha value is -1.40. The molecule has 1 aliphatic heterocycles. The first kappa shape index (κ1) is 19.9. The zero-order chi connectivity index (χ0) is 18.4. The van der Waals surface area contributed by atoms with E-state index in [4.69, 9.17) is 10.5 Å². The Morgan fingerprint density at radius 3 is 2.64 bits per heavy atom. The van der Waals surface area contributed by atoms with Crippen LogP contribution in [0.25, 0.3) is 0 Å². The number of nitrogens with two attached hydrogens (primary N) is 1. The summed E-state index contributed by atoms with van der Waals surface area (Å²) in [5.74, 6) is 0. The number of benzene rings is 1. The lowest BCUT2D eigenvalue weighted by Gasteiger charge is -2.33. The summed E-state index contributed by atoms with van der Waals surface area (Å²) in [7, 11) is 0. The number of carbonyl (C=O) groups excluding carboxylic acids is 1. The number of nitrogens with zero attached hydrogens (tertiary/aromatic N) is 1. The van der Waals surface area contributed by atoms with Gasteiger partial charge in [-0.05, 0) is 76.6 Å². The summed E-state index contributed by atoms with van der Waals surface area (Å²) in [5.41, 5.74) is 7.70. The highest BCUT2D eigenvalue weighted by atomic mass is 32.2. The number of nitrogen functional groups attached to an aromatic ring is 1. The molecule has 3 N–H and O–H groups in total. The van der Waals surface area contributed by atoms with Crippen LogP contribution >= 0.6 is 11.8 Å². The molecular weight excluding hydrogens is 334 g/mol. The fraction of sp³-hybridized carbons (Fsp3) is 0.632.